The van der Waals surface area contributed by atoms with Crippen molar-refractivity contribution in [2.24, 2.45) is 17.8 Å². The van der Waals surface area contributed by atoms with Crippen LogP contribution in [0.2, 0.25) is 0 Å². The molecule has 0 N–H and O–H groups in total. The molecule has 3 atom stereocenters. The van der Waals surface area contributed by atoms with E-state index in [1.807, 2.05) is 0 Å². The first-order valence-electron chi connectivity index (χ1n) is 3.81. The van der Waals surface area contributed by atoms with Gasteiger partial charge in [-0.25, -0.2) is 0 Å². The predicted molar refractivity (Wildman–Crippen MR) is 34.6 cm³/mol. The van der Waals surface area contributed by atoms with Crippen molar-refractivity contribution in [3.05, 3.63) is 0 Å². The molecular formula is C8H11N. The Kier molecular flexibility index (Phi) is 1.02. The molecule has 2 aliphatic rings. The number of nitrogens with zero attached hydrogens (tertiary/aromatic N) is 1. The molecule has 0 aromatic rings. The van der Waals surface area contributed by atoms with Gasteiger partial charge < -0.3 is 0 Å². The van der Waals surface area contributed by atoms with E-state index in [-0.39, 0.29) is 0 Å². The van der Waals surface area contributed by atoms with Gasteiger partial charge in [-0.3, -0.25) is 0 Å². The highest BCUT2D eigenvalue weighted by Crippen LogP contribution is 2.52. The van der Waals surface area contributed by atoms with Gasteiger partial charge in [0.2, 0.25) is 0 Å². The average Bonchev–Trinajstić information content (AvgIpc) is 2.64. The summed E-state index contributed by atoms with van der Waals surface area (Å²) in [7, 11) is 0. The second-order valence-electron chi connectivity index (χ2n) is 3.33. The van der Waals surface area contributed by atoms with Crippen molar-refractivity contribution >= 4 is 0 Å². The Hall–Kier alpha value is -0.510. The fourth-order valence-electron chi connectivity index (χ4n) is 2.07. The van der Waals surface area contributed by atoms with Crippen LogP contribution in [0.15, 0.2) is 0 Å². The summed E-state index contributed by atoms with van der Waals surface area (Å²) in [5.41, 5.74) is 0. The van der Waals surface area contributed by atoms with Gasteiger partial charge in [-0.2, -0.15) is 5.26 Å². The third kappa shape index (κ3) is 0.738. The van der Waals surface area contributed by atoms with E-state index >= 15 is 0 Å². The Morgan fingerprint density at radius 1 is 1.33 bits per heavy atom. The molecule has 9 heavy (non-hydrogen) atoms. The molecule has 0 bridgehead atoms. The zero-order valence-electron chi connectivity index (χ0n) is 5.51. The summed E-state index contributed by atoms with van der Waals surface area (Å²) in [5.74, 6) is 2.22. The van der Waals surface area contributed by atoms with Crippen molar-refractivity contribution in [1.29, 1.82) is 5.26 Å². The topological polar surface area (TPSA) is 23.8 Å². The van der Waals surface area contributed by atoms with E-state index in [0.29, 0.717) is 5.92 Å². The lowest BCUT2D eigenvalue weighted by Crippen LogP contribution is -2.06. The van der Waals surface area contributed by atoms with Crippen LogP contribution in [-0.2, 0) is 0 Å². The maximum Gasteiger partial charge on any atom is 0.0658 e. The summed E-state index contributed by atoms with van der Waals surface area (Å²) in [5, 5.41) is 8.64. The zero-order valence-corrected chi connectivity index (χ0v) is 5.51. The van der Waals surface area contributed by atoms with Crippen LogP contribution in [0.25, 0.3) is 0 Å². The van der Waals surface area contributed by atoms with Gasteiger partial charge in [-0.15, -0.1) is 0 Å². The van der Waals surface area contributed by atoms with Gasteiger partial charge in [0.05, 0.1) is 6.07 Å². The van der Waals surface area contributed by atoms with Crippen LogP contribution in [0.5, 0.6) is 0 Å². The SMILES string of the molecule is N#C[C@@H]1CCC[C@@H]2C[C@@H]21. The van der Waals surface area contributed by atoms with Crippen molar-refractivity contribution in [2.75, 3.05) is 0 Å². The zero-order chi connectivity index (χ0) is 6.27. The minimum atomic E-state index is 0.434. The lowest BCUT2D eigenvalue weighted by Gasteiger charge is -2.12. The van der Waals surface area contributed by atoms with Crippen molar-refractivity contribution in [1.82, 2.24) is 0 Å². The van der Waals surface area contributed by atoms with Crippen molar-refractivity contribution in [3.8, 4) is 6.07 Å². The fraction of sp³-hybridized carbons (Fsp3) is 0.875. The smallest absolute Gasteiger partial charge is 0.0658 e. The monoisotopic (exact) mass is 121 g/mol. The van der Waals surface area contributed by atoms with Crippen LogP contribution in [0.4, 0.5) is 0 Å². The molecule has 0 radical (unpaired) electrons. The molecular weight excluding hydrogens is 110 g/mol. The van der Waals surface area contributed by atoms with Crippen molar-refractivity contribution in [2.45, 2.75) is 25.7 Å². The normalized spacial score (nSPS) is 47.2. The van der Waals surface area contributed by atoms with Crippen LogP contribution in [-0.4, -0.2) is 0 Å². The third-order valence-corrected chi connectivity index (χ3v) is 2.75. The molecule has 2 aliphatic carbocycles. The second-order valence-corrected chi connectivity index (χ2v) is 3.33. The Balaban J connectivity index is 2.02. The molecule has 1 nitrogen and oxygen atoms in total. The van der Waals surface area contributed by atoms with E-state index in [4.69, 9.17) is 5.26 Å². The number of fused-ring (bicyclic) bond motifs is 1. The molecule has 0 aliphatic heterocycles. The summed E-state index contributed by atoms with van der Waals surface area (Å²) in [4.78, 5) is 0. The number of nitriles is 1. The van der Waals surface area contributed by atoms with Gasteiger partial charge in [-0.05, 0) is 24.7 Å². The quantitative estimate of drug-likeness (QED) is 0.480. The van der Waals surface area contributed by atoms with Crippen LogP contribution in [0, 0.1) is 29.1 Å². The van der Waals surface area contributed by atoms with E-state index in [9.17, 15) is 0 Å². The molecule has 0 saturated heterocycles. The first kappa shape index (κ1) is 5.29. The lowest BCUT2D eigenvalue weighted by atomic mass is 9.90. The van der Waals surface area contributed by atoms with Gasteiger partial charge in [-0.1, -0.05) is 12.8 Å². The van der Waals surface area contributed by atoms with Crippen LogP contribution < -0.4 is 0 Å². The molecule has 1 heteroatoms. The molecule has 0 unspecified atom stereocenters. The highest BCUT2D eigenvalue weighted by atomic mass is 14.5. The van der Waals surface area contributed by atoms with Crippen LogP contribution in [0.3, 0.4) is 0 Å². The summed E-state index contributed by atoms with van der Waals surface area (Å²) in [6.07, 6.45) is 5.25. The molecule has 2 fully saturated rings. The Morgan fingerprint density at radius 2 is 2.22 bits per heavy atom. The molecule has 48 valence electrons. The third-order valence-electron chi connectivity index (χ3n) is 2.75. The molecule has 0 amide bonds. The first-order chi connectivity index (χ1) is 4.42. The van der Waals surface area contributed by atoms with Gasteiger partial charge in [0.25, 0.3) is 0 Å². The van der Waals surface area contributed by atoms with E-state index < -0.39 is 0 Å². The maximum atomic E-state index is 8.64. The number of hydrogen-bond acceptors (Lipinski definition) is 1. The highest BCUT2D eigenvalue weighted by molar-refractivity contribution is 5.02. The largest absolute Gasteiger partial charge is 0.198 e. The van der Waals surface area contributed by atoms with Gasteiger partial charge >= 0.3 is 0 Å². The molecule has 0 aromatic heterocycles. The minimum absolute atomic E-state index is 0.434. The minimum Gasteiger partial charge on any atom is -0.198 e. The molecule has 2 rings (SSSR count). The molecule has 0 heterocycles. The van der Waals surface area contributed by atoms with E-state index in [1.165, 1.54) is 25.7 Å². The molecule has 0 aromatic carbocycles. The Morgan fingerprint density at radius 3 is 2.89 bits per heavy atom. The van der Waals surface area contributed by atoms with Crippen LogP contribution in [0.1, 0.15) is 25.7 Å². The van der Waals surface area contributed by atoms with E-state index in [1.54, 1.807) is 0 Å². The fourth-order valence-corrected chi connectivity index (χ4v) is 2.07. The lowest BCUT2D eigenvalue weighted by molar-refractivity contribution is 0.403. The van der Waals surface area contributed by atoms with Crippen molar-refractivity contribution in [3.63, 3.8) is 0 Å². The van der Waals surface area contributed by atoms with E-state index in [2.05, 4.69) is 6.07 Å². The second kappa shape index (κ2) is 1.73. The summed E-state index contributed by atoms with van der Waals surface area (Å²) >= 11 is 0. The summed E-state index contributed by atoms with van der Waals surface area (Å²) in [6.45, 7) is 0. The highest BCUT2D eigenvalue weighted by Gasteiger charge is 2.45. The van der Waals surface area contributed by atoms with Gasteiger partial charge in [0.15, 0.2) is 0 Å². The standard InChI is InChI=1S/C8H11N/c9-5-7-3-1-2-6-4-8(6)7/h6-8H,1-4H2/t6-,7+,8+/m1/s1. The maximum absolute atomic E-state index is 8.64. The first-order valence-corrected chi connectivity index (χ1v) is 3.81. The van der Waals surface area contributed by atoms with E-state index in [0.717, 1.165) is 11.8 Å². The van der Waals surface area contributed by atoms with Gasteiger partial charge in [0, 0.05) is 5.92 Å². The summed E-state index contributed by atoms with van der Waals surface area (Å²) in [6, 6.07) is 2.40. The predicted octanol–water partition coefficient (Wildman–Crippen LogP) is 1.95. The van der Waals surface area contributed by atoms with Gasteiger partial charge in [0.1, 0.15) is 0 Å². The number of hydrogen-bond donors (Lipinski definition) is 0. The average molecular weight is 121 g/mol. The van der Waals surface area contributed by atoms with Crippen LogP contribution >= 0.6 is 0 Å². The molecule has 0 spiro atoms. The molecule has 2 saturated carbocycles. The number of rotatable bonds is 0. The Labute approximate surface area is 55.7 Å². The summed E-state index contributed by atoms with van der Waals surface area (Å²) < 4.78 is 0. The van der Waals surface area contributed by atoms with Crippen molar-refractivity contribution < 1.29 is 0 Å². The Bertz CT molecular complexity index is 156.